The molecule has 1 heterocycles. The lowest BCUT2D eigenvalue weighted by molar-refractivity contribution is 0.0696. The number of hydrogen-bond acceptors (Lipinski definition) is 3. The molecule has 0 aliphatic rings. The minimum absolute atomic E-state index is 0.0434. The van der Waals surface area contributed by atoms with Crippen molar-refractivity contribution in [1.82, 2.24) is 9.97 Å². The topological polar surface area (TPSA) is 86.2 Å². The number of rotatable bonds is 4. The molecule has 0 bridgehead atoms. The molecule has 0 amide bonds. The van der Waals surface area contributed by atoms with Crippen molar-refractivity contribution in [1.29, 1.82) is 0 Å². The molecule has 0 fully saturated rings. The number of aromatic carboxylic acids is 1. The third-order valence-electron chi connectivity index (χ3n) is 5.62. The first kappa shape index (κ1) is 18.9. The van der Waals surface area contributed by atoms with Gasteiger partial charge in [0, 0.05) is 5.56 Å². The summed E-state index contributed by atoms with van der Waals surface area (Å²) in [5.41, 5.74) is 5.90. The summed E-state index contributed by atoms with van der Waals surface area (Å²) in [5.74, 6) is -0.483. The Morgan fingerprint density at radius 3 is 2.45 bits per heavy atom. The molecule has 0 saturated heterocycles. The number of nitrogens with zero attached hydrogens (tertiary/aromatic N) is 1. The second-order valence-electron chi connectivity index (χ2n) is 7.58. The summed E-state index contributed by atoms with van der Waals surface area (Å²) in [7, 11) is 0. The van der Waals surface area contributed by atoms with Crippen molar-refractivity contribution in [3.05, 3.63) is 83.9 Å². The van der Waals surface area contributed by atoms with Crippen LogP contribution >= 0.6 is 0 Å². The van der Waals surface area contributed by atoms with Crippen molar-refractivity contribution in [3.8, 4) is 28.3 Å². The van der Waals surface area contributed by atoms with Crippen LogP contribution in [0.4, 0.5) is 0 Å². The van der Waals surface area contributed by atoms with E-state index in [1.165, 1.54) is 11.6 Å². The van der Waals surface area contributed by atoms with Gasteiger partial charge in [0.1, 0.15) is 17.1 Å². The molecule has 5 rings (SSSR count). The highest BCUT2D eigenvalue weighted by Gasteiger charge is 2.15. The van der Waals surface area contributed by atoms with Crippen molar-refractivity contribution in [2.24, 2.45) is 0 Å². The maximum absolute atomic E-state index is 11.3. The fourth-order valence-corrected chi connectivity index (χ4v) is 3.95. The van der Waals surface area contributed by atoms with Crippen LogP contribution in [0.2, 0.25) is 0 Å². The van der Waals surface area contributed by atoms with Crippen molar-refractivity contribution in [2.45, 2.75) is 13.3 Å². The first-order valence-corrected chi connectivity index (χ1v) is 10.1. The molecule has 0 aliphatic carbocycles. The predicted molar refractivity (Wildman–Crippen MR) is 122 cm³/mol. The van der Waals surface area contributed by atoms with E-state index in [4.69, 9.17) is 4.98 Å². The van der Waals surface area contributed by atoms with Gasteiger partial charge in [0.15, 0.2) is 0 Å². The van der Waals surface area contributed by atoms with E-state index in [9.17, 15) is 15.0 Å². The zero-order valence-corrected chi connectivity index (χ0v) is 16.9. The van der Waals surface area contributed by atoms with Gasteiger partial charge in [0.2, 0.25) is 0 Å². The number of carboxylic acids is 1. The Hall–Kier alpha value is -4.12. The quantitative estimate of drug-likeness (QED) is 0.340. The number of aryl methyl sites for hydroxylation is 1. The van der Waals surface area contributed by atoms with E-state index in [1.54, 1.807) is 12.1 Å². The molecule has 0 saturated carbocycles. The molecule has 31 heavy (non-hydrogen) atoms. The monoisotopic (exact) mass is 408 g/mol. The number of carbonyl (C=O) groups is 1. The number of aromatic nitrogens is 2. The Morgan fingerprint density at radius 2 is 1.71 bits per heavy atom. The van der Waals surface area contributed by atoms with Crippen LogP contribution in [-0.4, -0.2) is 26.2 Å². The molecule has 5 nitrogen and oxygen atoms in total. The van der Waals surface area contributed by atoms with E-state index in [0.717, 1.165) is 28.6 Å². The summed E-state index contributed by atoms with van der Waals surface area (Å²) in [6.45, 7) is 2.14. The summed E-state index contributed by atoms with van der Waals surface area (Å²) >= 11 is 0. The molecule has 0 unspecified atom stereocenters. The Morgan fingerprint density at radius 1 is 0.935 bits per heavy atom. The van der Waals surface area contributed by atoms with E-state index in [-0.39, 0.29) is 11.3 Å². The van der Waals surface area contributed by atoms with E-state index >= 15 is 0 Å². The summed E-state index contributed by atoms with van der Waals surface area (Å²) in [6, 6.07) is 23.1. The van der Waals surface area contributed by atoms with Crippen LogP contribution in [0.15, 0.2) is 72.8 Å². The minimum atomic E-state index is -1.08. The van der Waals surface area contributed by atoms with Crippen LogP contribution in [0, 0.1) is 0 Å². The predicted octanol–water partition coefficient (Wildman–Crippen LogP) is 6.02. The number of H-pyrrole nitrogens is 1. The van der Waals surface area contributed by atoms with Gasteiger partial charge in [0.25, 0.3) is 0 Å². The number of aromatic hydroxyl groups is 1. The molecule has 3 N–H and O–H groups in total. The number of benzene rings is 4. The van der Waals surface area contributed by atoms with Crippen LogP contribution < -0.4 is 0 Å². The highest BCUT2D eigenvalue weighted by atomic mass is 16.4. The smallest absolute Gasteiger partial charge is 0.335 e. The number of nitrogens with one attached hydrogen (secondary N) is 1. The van der Waals surface area contributed by atoms with Crippen LogP contribution in [0.5, 0.6) is 5.75 Å². The zero-order valence-electron chi connectivity index (χ0n) is 16.9. The van der Waals surface area contributed by atoms with Gasteiger partial charge in [-0.3, -0.25) is 0 Å². The Kier molecular flexibility index (Phi) is 4.44. The Balaban J connectivity index is 1.62. The van der Waals surface area contributed by atoms with Gasteiger partial charge in [-0.25, -0.2) is 9.78 Å². The van der Waals surface area contributed by atoms with Crippen LogP contribution in [0.25, 0.3) is 44.3 Å². The van der Waals surface area contributed by atoms with Gasteiger partial charge in [-0.15, -0.1) is 0 Å². The first-order valence-electron chi connectivity index (χ1n) is 10.1. The number of fused-ring (bicyclic) bond motifs is 3. The molecule has 0 radical (unpaired) electrons. The van der Waals surface area contributed by atoms with Crippen LogP contribution in [0.3, 0.4) is 0 Å². The number of hydrogen-bond donors (Lipinski definition) is 3. The molecular weight excluding hydrogens is 388 g/mol. The number of phenols is 1. The summed E-state index contributed by atoms with van der Waals surface area (Å²) in [6.07, 6.45) is 1.01. The number of phenolic OH excluding ortho intramolecular Hbond substituents is 1. The molecular formula is C26H20N2O3. The van der Waals surface area contributed by atoms with Crippen LogP contribution in [0.1, 0.15) is 22.8 Å². The molecule has 0 atom stereocenters. The number of imidazole rings is 1. The Labute approximate surface area is 178 Å². The maximum atomic E-state index is 11.3. The molecule has 5 aromatic rings. The lowest BCUT2D eigenvalue weighted by Crippen LogP contribution is -1.95. The highest BCUT2D eigenvalue weighted by molar-refractivity contribution is 6.10. The van der Waals surface area contributed by atoms with Crippen molar-refractivity contribution in [3.63, 3.8) is 0 Å². The summed E-state index contributed by atoms with van der Waals surface area (Å²) < 4.78 is 0. The highest BCUT2D eigenvalue weighted by Crippen LogP contribution is 2.34. The van der Waals surface area contributed by atoms with E-state index < -0.39 is 5.97 Å². The second kappa shape index (κ2) is 7.29. The third kappa shape index (κ3) is 3.30. The summed E-state index contributed by atoms with van der Waals surface area (Å²) in [4.78, 5) is 19.4. The third-order valence-corrected chi connectivity index (χ3v) is 5.62. The van der Waals surface area contributed by atoms with Gasteiger partial charge in [-0.05, 0) is 52.8 Å². The molecule has 0 spiro atoms. The van der Waals surface area contributed by atoms with Gasteiger partial charge >= 0.3 is 5.97 Å². The average molecular weight is 408 g/mol. The van der Waals surface area contributed by atoms with Crippen molar-refractivity contribution in [2.75, 3.05) is 0 Å². The Bertz CT molecular complexity index is 1450. The first-order chi connectivity index (χ1) is 15.0. The molecule has 1 aromatic heterocycles. The fraction of sp³-hybridized carbons (Fsp3) is 0.0769. The zero-order chi connectivity index (χ0) is 21.5. The van der Waals surface area contributed by atoms with Gasteiger partial charge < -0.3 is 15.2 Å². The molecule has 4 aromatic carbocycles. The fourth-order valence-electron chi connectivity index (χ4n) is 3.95. The number of carboxylic acid groups (broad SMARTS) is 1. The van der Waals surface area contributed by atoms with E-state index in [1.807, 2.05) is 18.2 Å². The van der Waals surface area contributed by atoms with Gasteiger partial charge in [0.05, 0.1) is 16.5 Å². The van der Waals surface area contributed by atoms with Crippen molar-refractivity contribution >= 4 is 27.8 Å². The number of aromatic amines is 1. The second-order valence-corrected chi connectivity index (χ2v) is 7.58. The maximum Gasteiger partial charge on any atom is 0.335 e. The summed E-state index contributed by atoms with van der Waals surface area (Å²) in [5, 5.41) is 20.9. The standard InChI is InChI=1S/C26H20N2O3/c1-2-15-6-8-16(9-7-15)17-4-3-5-19(12-17)25-27-21-11-10-18-13-20(26(30)31)14-22(29)23(18)24(21)28-25/h3-14,29H,2H2,1H3,(H,27,28)(H,30,31). The van der Waals surface area contributed by atoms with Gasteiger partial charge in [-0.2, -0.15) is 0 Å². The minimum Gasteiger partial charge on any atom is -0.507 e. The van der Waals surface area contributed by atoms with Crippen LogP contribution in [-0.2, 0) is 6.42 Å². The van der Waals surface area contributed by atoms with E-state index in [2.05, 4.69) is 48.3 Å². The van der Waals surface area contributed by atoms with Crippen molar-refractivity contribution < 1.29 is 15.0 Å². The molecule has 0 aliphatic heterocycles. The lowest BCUT2D eigenvalue weighted by Gasteiger charge is -2.05. The van der Waals surface area contributed by atoms with Gasteiger partial charge in [-0.1, -0.05) is 55.5 Å². The molecule has 152 valence electrons. The molecule has 5 heteroatoms. The average Bonchev–Trinajstić information content (AvgIpc) is 3.23. The largest absolute Gasteiger partial charge is 0.507 e. The SMILES string of the molecule is CCc1ccc(-c2cccc(-c3nc4c(ccc5cc(C(=O)O)cc(O)c54)[nH]3)c2)cc1. The van der Waals surface area contributed by atoms with E-state index in [0.29, 0.717) is 22.1 Å². The lowest BCUT2D eigenvalue weighted by atomic mass is 10.0. The normalized spacial score (nSPS) is 11.3.